The number of rotatable bonds is 4. The molecule has 1 amide bonds. The second kappa shape index (κ2) is 6.40. The van der Waals surface area contributed by atoms with Crippen LogP contribution in [0.15, 0.2) is 73.1 Å². The third kappa shape index (κ3) is 2.38. The molecule has 0 unspecified atom stereocenters. The molecule has 3 bridgehead atoms. The molecule has 1 aromatic heterocycles. The highest BCUT2D eigenvalue weighted by molar-refractivity contribution is 6.33. The Morgan fingerprint density at radius 3 is 2.63 bits per heavy atom. The molecule has 0 radical (unpaired) electrons. The average Bonchev–Trinajstić information content (AvgIpc) is 3.41. The van der Waals surface area contributed by atoms with Crippen LogP contribution in [0.25, 0.3) is 11.1 Å². The lowest BCUT2D eigenvalue weighted by Gasteiger charge is -2.55. The summed E-state index contributed by atoms with van der Waals surface area (Å²) in [6.07, 6.45) is 6.34. The Kier molecular flexibility index (Phi) is 3.86. The number of nitrogens with zero attached hydrogens (tertiary/aromatic N) is 1. The molecule has 30 heavy (non-hydrogen) atoms. The maximum Gasteiger partial charge on any atom is 0.234 e. The van der Waals surface area contributed by atoms with Crippen molar-refractivity contribution >= 4 is 23.2 Å². The van der Waals surface area contributed by atoms with Gasteiger partial charge in [-0.1, -0.05) is 48.0 Å². The molecule has 1 N–H and O–H groups in total. The fourth-order valence-electron chi connectivity index (χ4n) is 6.03. The van der Waals surface area contributed by atoms with Crippen LogP contribution in [-0.2, 0) is 9.53 Å². The van der Waals surface area contributed by atoms with Gasteiger partial charge in [-0.25, -0.2) is 0 Å². The van der Waals surface area contributed by atoms with Crippen LogP contribution in [0, 0.1) is 5.41 Å². The van der Waals surface area contributed by atoms with E-state index in [4.69, 9.17) is 16.3 Å². The fraction of sp³-hybridized carbons (Fsp3) is 0.280. The van der Waals surface area contributed by atoms with Gasteiger partial charge in [0.2, 0.25) is 5.91 Å². The Morgan fingerprint density at radius 2 is 1.90 bits per heavy atom. The van der Waals surface area contributed by atoms with E-state index in [1.165, 1.54) is 0 Å². The summed E-state index contributed by atoms with van der Waals surface area (Å²) in [6, 6.07) is 19.8. The molecule has 1 aliphatic carbocycles. The highest BCUT2D eigenvalue weighted by atomic mass is 35.5. The molecule has 4 aliphatic rings. The van der Waals surface area contributed by atoms with E-state index in [9.17, 15) is 4.79 Å². The van der Waals surface area contributed by atoms with Crippen molar-refractivity contribution in [2.75, 3.05) is 5.32 Å². The van der Waals surface area contributed by atoms with Crippen molar-refractivity contribution < 1.29 is 9.53 Å². The first-order valence-corrected chi connectivity index (χ1v) is 10.7. The Morgan fingerprint density at radius 1 is 1.10 bits per heavy atom. The summed E-state index contributed by atoms with van der Waals surface area (Å²) in [5.74, 6) is 0.122. The highest BCUT2D eigenvalue weighted by Gasteiger charge is 2.80. The van der Waals surface area contributed by atoms with Gasteiger partial charge in [0.1, 0.15) is 0 Å². The molecule has 4 fully saturated rings. The molecule has 3 saturated heterocycles. The lowest BCUT2D eigenvalue weighted by molar-refractivity contribution is -0.136. The SMILES string of the molecule is O=C(Nc1ccc(-c2ccccc2)c(Cl)c1)[C@@]12C[C@@]3(CC[C@H]1O3)[C@H]2c1ccncc1. The summed E-state index contributed by atoms with van der Waals surface area (Å²) < 4.78 is 6.36. The first-order valence-electron chi connectivity index (χ1n) is 10.4. The quantitative estimate of drug-likeness (QED) is 0.615. The normalized spacial score (nSPS) is 30.7. The number of pyridine rings is 1. The van der Waals surface area contributed by atoms with Crippen LogP contribution in [0.5, 0.6) is 0 Å². The van der Waals surface area contributed by atoms with Gasteiger partial charge >= 0.3 is 0 Å². The number of nitrogens with one attached hydrogen (secondary N) is 1. The predicted octanol–water partition coefficient (Wildman–Crippen LogP) is 5.45. The van der Waals surface area contributed by atoms with E-state index in [1.807, 2.05) is 60.7 Å². The van der Waals surface area contributed by atoms with Crippen molar-refractivity contribution in [3.05, 3.63) is 83.6 Å². The van der Waals surface area contributed by atoms with Gasteiger partial charge in [-0.3, -0.25) is 9.78 Å². The number of ether oxygens (including phenoxy) is 1. The molecule has 3 aliphatic heterocycles. The van der Waals surface area contributed by atoms with Gasteiger partial charge in [0.05, 0.1) is 22.1 Å². The van der Waals surface area contributed by atoms with Gasteiger partial charge in [-0.15, -0.1) is 0 Å². The zero-order valence-electron chi connectivity index (χ0n) is 16.3. The first kappa shape index (κ1) is 18.1. The number of hydrogen-bond donors (Lipinski definition) is 1. The largest absolute Gasteiger partial charge is 0.370 e. The van der Waals surface area contributed by atoms with Gasteiger partial charge in [-0.2, -0.15) is 0 Å². The molecule has 150 valence electrons. The molecule has 4 atom stereocenters. The molecule has 1 spiro atoms. The van der Waals surface area contributed by atoms with E-state index in [0.717, 1.165) is 41.6 Å². The number of benzene rings is 2. The monoisotopic (exact) mass is 416 g/mol. The van der Waals surface area contributed by atoms with E-state index in [2.05, 4.69) is 10.3 Å². The molecule has 2 aromatic carbocycles. The topological polar surface area (TPSA) is 51.2 Å². The minimum absolute atomic E-state index is 0.0188. The molecule has 7 rings (SSSR count). The second-order valence-corrected chi connectivity index (χ2v) is 9.06. The Labute approximate surface area is 180 Å². The summed E-state index contributed by atoms with van der Waals surface area (Å²) in [5, 5.41) is 3.77. The van der Waals surface area contributed by atoms with Crippen molar-refractivity contribution in [2.24, 2.45) is 5.41 Å². The number of aromatic nitrogens is 1. The number of amides is 1. The van der Waals surface area contributed by atoms with E-state index in [1.54, 1.807) is 12.4 Å². The van der Waals surface area contributed by atoms with Gasteiger partial charge in [0, 0.05) is 29.6 Å². The molecule has 1 saturated carbocycles. The number of halogens is 1. The third-order valence-electron chi connectivity index (χ3n) is 7.19. The van der Waals surface area contributed by atoms with Gasteiger partial charge < -0.3 is 10.1 Å². The van der Waals surface area contributed by atoms with Crippen LogP contribution in [0.4, 0.5) is 5.69 Å². The maximum atomic E-state index is 13.6. The summed E-state index contributed by atoms with van der Waals surface area (Å²) in [6.45, 7) is 0. The fourth-order valence-corrected chi connectivity index (χ4v) is 6.32. The second-order valence-electron chi connectivity index (χ2n) is 8.66. The summed E-state index contributed by atoms with van der Waals surface area (Å²) in [5.41, 5.74) is 3.18. The molecule has 5 heteroatoms. The third-order valence-corrected chi connectivity index (χ3v) is 7.50. The van der Waals surface area contributed by atoms with E-state index >= 15 is 0 Å². The van der Waals surface area contributed by atoms with Gasteiger partial charge in [-0.05, 0) is 54.7 Å². The maximum absolute atomic E-state index is 13.6. The number of carbonyl (C=O) groups is 1. The molecule has 4 heterocycles. The summed E-state index contributed by atoms with van der Waals surface area (Å²) in [7, 11) is 0. The predicted molar refractivity (Wildman–Crippen MR) is 116 cm³/mol. The average molecular weight is 417 g/mol. The van der Waals surface area contributed by atoms with Crippen LogP contribution >= 0.6 is 11.6 Å². The molecule has 3 aromatic rings. The zero-order valence-corrected chi connectivity index (χ0v) is 17.1. The molecular formula is C25H21ClN2O2. The first-order chi connectivity index (χ1) is 14.6. The minimum Gasteiger partial charge on any atom is -0.370 e. The van der Waals surface area contributed by atoms with Crippen LogP contribution in [0.2, 0.25) is 5.02 Å². The summed E-state index contributed by atoms with van der Waals surface area (Å²) in [4.78, 5) is 17.7. The Balaban J connectivity index is 1.30. The van der Waals surface area contributed by atoms with Crippen molar-refractivity contribution in [2.45, 2.75) is 36.9 Å². The van der Waals surface area contributed by atoms with Gasteiger partial charge in [0.25, 0.3) is 0 Å². The van der Waals surface area contributed by atoms with E-state index in [0.29, 0.717) is 5.02 Å². The zero-order chi connectivity index (χ0) is 20.3. The summed E-state index contributed by atoms with van der Waals surface area (Å²) >= 11 is 6.56. The smallest absolute Gasteiger partial charge is 0.234 e. The molecular weight excluding hydrogens is 396 g/mol. The van der Waals surface area contributed by atoms with Gasteiger partial charge in [0.15, 0.2) is 0 Å². The van der Waals surface area contributed by atoms with Crippen LogP contribution < -0.4 is 5.32 Å². The van der Waals surface area contributed by atoms with E-state index in [-0.39, 0.29) is 23.5 Å². The number of hydrogen-bond acceptors (Lipinski definition) is 3. The Bertz CT molecular complexity index is 1140. The van der Waals surface area contributed by atoms with E-state index < -0.39 is 5.41 Å². The minimum atomic E-state index is -0.510. The lowest BCUT2D eigenvalue weighted by Crippen LogP contribution is -2.62. The van der Waals surface area contributed by atoms with Crippen LogP contribution in [0.3, 0.4) is 0 Å². The van der Waals surface area contributed by atoms with Crippen molar-refractivity contribution in [1.29, 1.82) is 0 Å². The highest BCUT2D eigenvalue weighted by Crippen LogP contribution is 2.76. The van der Waals surface area contributed by atoms with Crippen LogP contribution in [0.1, 0.15) is 30.7 Å². The van der Waals surface area contributed by atoms with Crippen molar-refractivity contribution in [3.63, 3.8) is 0 Å². The lowest BCUT2D eigenvalue weighted by atomic mass is 9.45. The Hall–Kier alpha value is -2.69. The van der Waals surface area contributed by atoms with Crippen molar-refractivity contribution in [1.82, 2.24) is 4.98 Å². The number of carbonyl (C=O) groups excluding carboxylic acids is 1. The van der Waals surface area contributed by atoms with Crippen LogP contribution in [-0.4, -0.2) is 22.6 Å². The standard InChI is InChI=1S/C25H21ClN2O2/c26-20-14-18(6-7-19(20)16-4-2-1-3-5-16)28-23(29)25-15-24(11-8-21(25)30-24)22(25)17-9-12-27-13-10-17/h1-7,9-10,12-14,21-22H,8,11,15H2,(H,28,29)/t21-,22-,24+,25+/m1/s1. The van der Waals surface area contributed by atoms with Crippen molar-refractivity contribution in [3.8, 4) is 11.1 Å². The molecule has 4 nitrogen and oxygen atoms in total. The number of anilines is 1.